The van der Waals surface area contributed by atoms with Crippen LogP contribution >= 0.6 is 0 Å². The zero-order valence-electron chi connectivity index (χ0n) is 17.9. The van der Waals surface area contributed by atoms with Crippen LogP contribution in [-0.4, -0.2) is 44.5 Å². The molecule has 0 unspecified atom stereocenters. The maximum Gasteiger partial charge on any atom is 0.326 e. The van der Waals surface area contributed by atoms with Crippen molar-refractivity contribution in [2.24, 2.45) is 0 Å². The van der Waals surface area contributed by atoms with Crippen molar-refractivity contribution in [1.29, 1.82) is 0 Å². The standard InChI is InChI=1S/C22H20F3N5O3/c1-22(2,31)10-26-19-17-18(13-6-4-12(24)9-16(13)32-3)29-30-20(17)28-21(27-19)33-15-7-5-11(23)8-14(15)25/h4-9,31H,10H2,1-3H3,(H2,26,27,28,29,30). The maximum atomic E-state index is 14.1. The Morgan fingerprint density at radius 1 is 1.03 bits per heavy atom. The van der Waals surface area contributed by atoms with E-state index in [9.17, 15) is 18.3 Å². The molecule has 0 aliphatic carbocycles. The molecule has 0 radical (unpaired) electrons. The van der Waals surface area contributed by atoms with E-state index >= 15 is 0 Å². The molecule has 4 rings (SSSR count). The minimum atomic E-state index is -1.10. The SMILES string of the molecule is COc1cc(F)ccc1-c1n[nH]c2nc(Oc3ccc(F)cc3F)nc(NCC(C)(C)O)c12. The predicted octanol–water partition coefficient (Wildman–Crippen LogP) is 4.42. The van der Waals surface area contributed by atoms with Gasteiger partial charge in [-0.3, -0.25) is 5.10 Å². The second-order valence-corrected chi connectivity index (χ2v) is 7.84. The minimum Gasteiger partial charge on any atom is -0.496 e. The van der Waals surface area contributed by atoms with Gasteiger partial charge in [0.05, 0.1) is 18.1 Å². The summed E-state index contributed by atoms with van der Waals surface area (Å²) >= 11 is 0. The van der Waals surface area contributed by atoms with Gasteiger partial charge in [0.1, 0.15) is 28.9 Å². The fourth-order valence-corrected chi connectivity index (χ4v) is 3.10. The van der Waals surface area contributed by atoms with Crippen molar-refractivity contribution in [2.45, 2.75) is 19.4 Å². The summed E-state index contributed by atoms with van der Waals surface area (Å²) in [5, 5.41) is 20.6. The van der Waals surface area contributed by atoms with Crippen molar-refractivity contribution in [3.8, 4) is 28.8 Å². The molecule has 0 aliphatic rings. The predicted molar refractivity (Wildman–Crippen MR) is 115 cm³/mol. The van der Waals surface area contributed by atoms with Crippen molar-refractivity contribution in [3.05, 3.63) is 53.8 Å². The molecule has 0 bridgehead atoms. The zero-order chi connectivity index (χ0) is 23.8. The lowest BCUT2D eigenvalue weighted by molar-refractivity contribution is 0.0944. The number of hydrogen-bond donors (Lipinski definition) is 3. The van der Waals surface area contributed by atoms with Crippen molar-refractivity contribution < 1.29 is 27.8 Å². The number of rotatable bonds is 7. The van der Waals surface area contributed by atoms with Gasteiger partial charge in [0.25, 0.3) is 0 Å². The molecule has 0 aliphatic heterocycles. The Labute approximate surface area is 186 Å². The number of fused-ring (bicyclic) bond motifs is 1. The van der Waals surface area contributed by atoms with E-state index in [1.165, 1.54) is 25.3 Å². The second kappa shape index (κ2) is 8.58. The first kappa shape index (κ1) is 22.3. The largest absolute Gasteiger partial charge is 0.496 e. The van der Waals surface area contributed by atoms with Crippen LogP contribution in [0, 0.1) is 17.5 Å². The number of aliphatic hydroxyl groups is 1. The molecule has 0 spiro atoms. The number of ether oxygens (including phenoxy) is 2. The van der Waals surface area contributed by atoms with Gasteiger partial charge in [-0.15, -0.1) is 0 Å². The molecule has 11 heteroatoms. The van der Waals surface area contributed by atoms with Gasteiger partial charge in [-0.25, -0.2) is 13.2 Å². The van der Waals surface area contributed by atoms with E-state index < -0.39 is 23.1 Å². The van der Waals surface area contributed by atoms with Crippen molar-refractivity contribution >= 4 is 16.9 Å². The first-order valence-electron chi connectivity index (χ1n) is 9.84. The van der Waals surface area contributed by atoms with Gasteiger partial charge >= 0.3 is 6.01 Å². The number of methoxy groups -OCH3 is 1. The topological polar surface area (TPSA) is 105 Å². The van der Waals surface area contributed by atoms with Gasteiger partial charge in [-0.1, -0.05) is 0 Å². The molecule has 8 nitrogen and oxygen atoms in total. The van der Waals surface area contributed by atoms with Gasteiger partial charge in [-0.2, -0.15) is 15.1 Å². The highest BCUT2D eigenvalue weighted by atomic mass is 19.1. The van der Waals surface area contributed by atoms with Crippen LogP contribution in [0.3, 0.4) is 0 Å². The van der Waals surface area contributed by atoms with E-state index in [0.29, 0.717) is 22.7 Å². The molecule has 0 saturated heterocycles. The van der Waals surface area contributed by atoms with Gasteiger partial charge < -0.3 is 19.9 Å². The van der Waals surface area contributed by atoms with Crippen LogP contribution in [0.1, 0.15) is 13.8 Å². The fraction of sp³-hybridized carbons (Fsp3) is 0.227. The Kier molecular flexibility index (Phi) is 5.81. The lowest BCUT2D eigenvalue weighted by Gasteiger charge is -2.19. The summed E-state index contributed by atoms with van der Waals surface area (Å²) in [7, 11) is 1.40. The third kappa shape index (κ3) is 4.82. The first-order chi connectivity index (χ1) is 15.6. The lowest BCUT2D eigenvalue weighted by Crippen LogP contribution is -2.29. The van der Waals surface area contributed by atoms with Crippen LogP contribution in [0.4, 0.5) is 19.0 Å². The summed E-state index contributed by atoms with van der Waals surface area (Å²) in [6.45, 7) is 3.29. The number of H-pyrrole nitrogens is 1. The normalized spacial score (nSPS) is 11.6. The van der Waals surface area contributed by atoms with Gasteiger partial charge in [0, 0.05) is 24.2 Å². The molecule has 0 saturated carbocycles. The molecule has 4 aromatic rings. The first-order valence-corrected chi connectivity index (χ1v) is 9.84. The average molecular weight is 459 g/mol. The third-order valence-corrected chi connectivity index (χ3v) is 4.60. The van der Waals surface area contributed by atoms with Crippen LogP contribution < -0.4 is 14.8 Å². The van der Waals surface area contributed by atoms with Crippen LogP contribution in [0.2, 0.25) is 0 Å². The van der Waals surface area contributed by atoms with E-state index in [4.69, 9.17) is 9.47 Å². The fourth-order valence-electron chi connectivity index (χ4n) is 3.10. The molecule has 33 heavy (non-hydrogen) atoms. The molecule has 172 valence electrons. The van der Waals surface area contributed by atoms with E-state index in [0.717, 1.165) is 12.1 Å². The highest BCUT2D eigenvalue weighted by molar-refractivity contribution is 6.00. The Morgan fingerprint density at radius 2 is 1.76 bits per heavy atom. The summed E-state index contributed by atoms with van der Waals surface area (Å²) in [5.74, 6) is -1.98. The number of anilines is 1. The smallest absolute Gasteiger partial charge is 0.326 e. The summed E-state index contributed by atoms with van der Waals surface area (Å²) in [6.07, 6.45) is 0. The van der Waals surface area contributed by atoms with Crippen LogP contribution in [-0.2, 0) is 0 Å². The van der Waals surface area contributed by atoms with Gasteiger partial charge in [0.15, 0.2) is 17.2 Å². The van der Waals surface area contributed by atoms with Crippen molar-refractivity contribution in [3.63, 3.8) is 0 Å². The molecule has 3 N–H and O–H groups in total. The summed E-state index contributed by atoms with van der Waals surface area (Å²) < 4.78 is 51.7. The molecular formula is C22H20F3N5O3. The lowest BCUT2D eigenvalue weighted by atomic mass is 10.1. The summed E-state index contributed by atoms with van der Waals surface area (Å²) in [6, 6.07) is 6.57. The monoisotopic (exact) mass is 459 g/mol. The number of nitrogens with one attached hydrogen (secondary N) is 2. The molecule has 2 aromatic heterocycles. The Bertz CT molecular complexity index is 1320. The van der Waals surface area contributed by atoms with E-state index in [1.54, 1.807) is 13.8 Å². The number of hydrogen-bond acceptors (Lipinski definition) is 7. The van der Waals surface area contributed by atoms with Crippen LogP contribution in [0.5, 0.6) is 17.5 Å². The maximum absolute atomic E-state index is 14.1. The molecule has 0 fully saturated rings. The van der Waals surface area contributed by atoms with E-state index in [-0.39, 0.29) is 35.5 Å². The van der Waals surface area contributed by atoms with Crippen LogP contribution in [0.25, 0.3) is 22.3 Å². The Balaban J connectivity index is 1.84. The third-order valence-electron chi connectivity index (χ3n) is 4.60. The van der Waals surface area contributed by atoms with Crippen LogP contribution in [0.15, 0.2) is 36.4 Å². The average Bonchev–Trinajstić information content (AvgIpc) is 3.17. The molecule has 2 heterocycles. The molecule has 0 amide bonds. The highest BCUT2D eigenvalue weighted by Gasteiger charge is 2.22. The Morgan fingerprint density at radius 3 is 2.45 bits per heavy atom. The number of benzene rings is 2. The quantitative estimate of drug-likeness (QED) is 0.376. The van der Waals surface area contributed by atoms with Crippen molar-refractivity contribution in [2.75, 3.05) is 19.0 Å². The number of aromatic amines is 1. The molecule has 2 aromatic carbocycles. The summed E-state index contributed by atoms with van der Waals surface area (Å²) in [5.41, 5.74) is -0.0428. The number of halogens is 3. The van der Waals surface area contributed by atoms with Gasteiger partial charge in [-0.05, 0) is 38.1 Å². The zero-order valence-corrected chi connectivity index (χ0v) is 17.9. The van der Waals surface area contributed by atoms with E-state index in [1.807, 2.05) is 0 Å². The molecular weight excluding hydrogens is 439 g/mol. The molecule has 0 atom stereocenters. The number of aromatic nitrogens is 4. The number of nitrogens with zero attached hydrogens (tertiary/aromatic N) is 3. The summed E-state index contributed by atoms with van der Waals surface area (Å²) in [4.78, 5) is 8.53. The minimum absolute atomic E-state index is 0.0919. The van der Waals surface area contributed by atoms with Crippen molar-refractivity contribution in [1.82, 2.24) is 20.2 Å². The van der Waals surface area contributed by atoms with E-state index in [2.05, 4.69) is 25.5 Å². The second-order valence-electron chi connectivity index (χ2n) is 7.84. The van der Waals surface area contributed by atoms with Gasteiger partial charge in [0.2, 0.25) is 0 Å². The highest BCUT2D eigenvalue weighted by Crippen LogP contribution is 2.37. The Hall–Kier alpha value is -3.86.